The van der Waals surface area contributed by atoms with Crippen molar-refractivity contribution in [3.63, 3.8) is 0 Å². The zero-order chi connectivity index (χ0) is 14.2. The molecule has 4 rings (SSSR count). The van der Waals surface area contributed by atoms with E-state index in [9.17, 15) is 0 Å². The van der Waals surface area contributed by atoms with Crippen LogP contribution in [0.1, 0.15) is 22.6 Å². The zero-order valence-corrected chi connectivity index (χ0v) is 13.2. The molecule has 0 bridgehead atoms. The summed E-state index contributed by atoms with van der Waals surface area (Å²) in [5.41, 5.74) is 7.01. The maximum absolute atomic E-state index is 3.62. The van der Waals surface area contributed by atoms with Gasteiger partial charge in [0.2, 0.25) is 0 Å². The van der Waals surface area contributed by atoms with Crippen molar-refractivity contribution in [2.45, 2.75) is 12.3 Å². The summed E-state index contributed by atoms with van der Waals surface area (Å²) in [5.74, 6) is 0.448. The number of rotatable bonds is 1. The van der Waals surface area contributed by atoms with Gasteiger partial charge in [0, 0.05) is 10.4 Å². The highest BCUT2D eigenvalue weighted by Gasteiger charge is 2.25. The lowest BCUT2D eigenvalue weighted by Crippen LogP contribution is -2.12. The van der Waals surface area contributed by atoms with Gasteiger partial charge in [0.15, 0.2) is 0 Å². The largest absolute Gasteiger partial charge is 0.0622 e. The van der Waals surface area contributed by atoms with Crippen LogP contribution in [0.25, 0.3) is 11.1 Å². The third-order valence-electron chi connectivity index (χ3n) is 4.32. The average Bonchev–Trinajstić information content (AvgIpc) is 2.55. The second-order valence-corrected chi connectivity index (χ2v) is 6.47. The second-order valence-electron chi connectivity index (χ2n) is 5.56. The quantitative estimate of drug-likeness (QED) is 0.527. The molecule has 0 saturated heterocycles. The predicted molar refractivity (Wildman–Crippen MR) is 91.6 cm³/mol. The van der Waals surface area contributed by atoms with Crippen molar-refractivity contribution in [3.05, 3.63) is 94.0 Å². The first-order chi connectivity index (χ1) is 10.3. The SMILES string of the molecule is Brc1ccc2c(c1)-c1ccccc1CC2c1ccccc1. The molecule has 1 unspecified atom stereocenters. The first-order valence-corrected chi connectivity index (χ1v) is 8.05. The molecule has 1 aliphatic carbocycles. The molecule has 0 amide bonds. The molecule has 1 heteroatoms. The van der Waals surface area contributed by atoms with Gasteiger partial charge in [0.25, 0.3) is 0 Å². The van der Waals surface area contributed by atoms with E-state index in [4.69, 9.17) is 0 Å². The van der Waals surface area contributed by atoms with E-state index >= 15 is 0 Å². The highest BCUT2D eigenvalue weighted by atomic mass is 79.9. The van der Waals surface area contributed by atoms with E-state index in [1.807, 2.05) is 0 Å². The van der Waals surface area contributed by atoms with Crippen molar-refractivity contribution in [2.24, 2.45) is 0 Å². The van der Waals surface area contributed by atoms with Crippen molar-refractivity contribution in [2.75, 3.05) is 0 Å². The van der Waals surface area contributed by atoms with Gasteiger partial charge in [-0.05, 0) is 46.4 Å². The standard InChI is InChI=1S/C20H15Br/c21-16-10-11-18-19(14-6-2-1-3-7-14)12-15-8-4-5-9-17(15)20(18)13-16/h1-11,13,19H,12H2. The fourth-order valence-electron chi connectivity index (χ4n) is 3.34. The van der Waals surface area contributed by atoms with Crippen molar-refractivity contribution in [3.8, 4) is 11.1 Å². The Balaban J connectivity index is 1.95. The molecule has 0 N–H and O–H groups in total. The Morgan fingerprint density at radius 1 is 0.762 bits per heavy atom. The Kier molecular flexibility index (Phi) is 3.16. The van der Waals surface area contributed by atoms with Crippen LogP contribution in [0.3, 0.4) is 0 Å². The van der Waals surface area contributed by atoms with E-state index in [1.165, 1.54) is 27.8 Å². The molecule has 0 nitrogen and oxygen atoms in total. The lowest BCUT2D eigenvalue weighted by molar-refractivity contribution is 0.793. The van der Waals surface area contributed by atoms with Crippen LogP contribution >= 0.6 is 15.9 Å². The molecule has 1 atom stereocenters. The van der Waals surface area contributed by atoms with Crippen LogP contribution in [0.2, 0.25) is 0 Å². The van der Waals surface area contributed by atoms with Gasteiger partial charge < -0.3 is 0 Å². The van der Waals surface area contributed by atoms with Crippen molar-refractivity contribution in [1.29, 1.82) is 0 Å². The van der Waals surface area contributed by atoms with Crippen molar-refractivity contribution < 1.29 is 0 Å². The van der Waals surface area contributed by atoms with Gasteiger partial charge in [-0.25, -0.2) is 0 Å². The topological polar surface area (TPSA) is 0 Å². The molecular weight excluding hydrogens is 320 g/mol. The van der Waals surface area contributed by atoms with Crippen molar-refractivity contribution >= 4 is 15.9 Å². The molecule has 0 spiro atoms. The molecule has 3 aromatic rings. The number of hydrogen-bond donors (Lipinski definition) is 0. The summed E-state index contributed by atoms with van der Waals surface area (Å²) in [6.07, 6.45) is 1.08. The summed E-state index contributed by atoms with van der Waals surface area (Å²) in [4.78, 5) is 0. The molecule has 1 aliphatic rings. The van der Waals surface area contributed by atoms with Gasteiger partial charge in [-0.3, -0.25) is 0 Å². The molecule has 0 fully saturated rings. The average molecular weight is 335 g/mol. The molecule has 0 radical (unpaired) electrons. The van der Waals surface area contributed by atoms with Crippen LogP contribution in [-0.2, 0) is 6.42 Å². The van der Waals surface area contributed by atoms with Crippen LogP contribution in [-0.4, -0.2) is 0 Å². The first-order valence-electron chi connectivity index (χ1n) is 7.25. The summed E-state index contributed by atoms with van der Waals surface area (Å²) < 4.78 is 1.14. The fourth-order valence-corrected chi connectivity index (χ4v) is 3.70. The monoisotopic (exact) mass is 334 g/mol. The smallest absolute Gasteiger partial charge is 0.0181 e. The summed E-state index contributed by atoms with van der Waals surface area (Å²) in [7, 11) is 0. The second kappa shape index (κ2) is 5.16. The van der Waals surface area contributed by atoms with Gasteiger partial charge in [0.1, 0.15) is 0 Å². The van der Waals surface area contributed by atoms with Gasteiger partial charge in [-0.15, -0.1) is 0 Å². The molecule has 21 heavy (non-hydrogen) atoms. The van der Waals surface area contributed by atoms with Gasteiger partial charge >= 0.3 is 0 Å². The van der Waals surface area contributed by atoms with E-state index in [0.29, 0.717) is 5.92 Å². The first kappa shape index (κ1) is 12.8. The Labute approximate surface area is 133 Å². The predicted octanol–water partition coefficient (Wildman–Crippen LogP) is 5.80. The van der Waals surface area contributed by atoms with E-state index < -0.39 is 0 Å². The minimum absolute atomic E-state index is 0.448. The minimum atomic E-state index is 0.448. The van der Waals surface area contributed by atoms with Crippen molar-refractivity contribution in [1.82, 2.24) is 0 Å². The number of halogens is 1. The highest BCUT2D eigenvalue weighted by molar-refractivity contribution is 9.10. The maximum Gasteiger partial charge on any atom is 0.0181 e. The van der Waals surface area contributed by atoms with E-state index in [2.05, 4.69) is 88.7 Å². The molecule has 0 heterocycles. The molecular formula is C20H15Br. The van der Waals surface area contributed by atoms with Crippen LogP contribution in [0, 0.1) is 0 Å². The lowest BCUT2D eigenvalue weighted by Gasteiger charge is -2.28. The number of fused-ring (bicyclic) bond motifs is 3. The molecule has 3 aromatic carbocycles. The summed E-state index contributed by atoms with van der Waals surface area (Å²) in [6, 6.07) is 26.3. The fraction of sp³-hybridized carbons (Fsp3) is 0.100. The molecule has 0 aromatic heterocycles. The third-order valence-corrected chi connectivity index (χ3v) is 4.82. The van der Waals surface area contributed by atoms with E-state index in [1.54, 1.807) is 0 Å². The summed E-state index contributed by atoms with van der Waals surface area (Å²) in [6.45, 7) is 0. The van der Waals surface area contributed by atoms with E-state index in [0.717, 1.165) is 10.9 Å². The van der Waals surface area contributed by atoms with Gasteiger partial charge in [-0.1, -0.05) is 76.6 Å². The van der Waals surface area contributed by atoms with Crippen LogP contribution in [0.15, 0.2) is 77.3 Å². The van der Waals surface area contributed by atoms with Gasteiger partial charge in [0.05, 0.1) is 0 Å². The van der Waals surface area contributed by atoms with Crippen LogP contribution in [0.4, 0.5) is 0 Å². The minimum Gasteiger partial charge on any atom is -0.0622 e. The molecule has 102 valence electrons. The normalized spacial score (nSPS) is 16.1. The summed E-state index contributed by atoms with van der Waals surface area (Å²) >= 11 is 3.62. The Morgan fingerprint density at radius 3 is 2.38 bits per heavy atom. The lowest BCUT2D eigenvalue weighted by atomic mass is 9.76. The summed E-state index contributed by atoms with van der Waals surface area (Å²) in [5, 5.41) is 0. The Bertz CT molecular complexity index is 790. The number of benzene rings is 3. The Morgan fingerprint density at radius 2 is 1.52 bits per heavy atom. The molecule has 0 aliphatic heterocycles. The molecule has 0 saturated carbocycles. The van der Waals surface area contributed by atoms with E-state index in [-0.39, 0.29) is 0 Å². The van der Waals surface area contributed by atoms with Crippen LogP contribution < -0.4 is 0 Å². The number of hydrogen-bond acceptors (Lipinski definition) is 0. The maximum atomic E-state index is 3.62. The highest BCUT2D eigenvalue weighted by Crippen LogP contribution is 2.43. The van der Waals surface area contributed by atoms with Crippen LogP contribution in [0.5, 0.6) is 0 Å². The third kappa shape index (κ3) is 2.22. The van der Waals surface area contributed by atoms with Gasteiger partial charge in [-0.2, -0.15) is 0 Å². The Hall–Kier alpha value is -1.86. The zero-order valence-electron chi connectivity index (χ0n) is 11.6.